The first-order valence-electron chi connectivity index (χ1n) is 20.7. The van der Waals surface area contributed by atoms with E-state index in [9.17, 15) is 0 Å². The molecule has 0 N–H and O–H groups in total. The Morgan fingerprint density at radius 3 is 2.05 bits per heavy atom. The fourth-order valence-corrected chi connectivity index (χ4v) is 9.67. The van der Waals surface area contributed by atoms with Crippen LogP contribution in [0, 0.1) is 20.8 Å². The highest BCUT2D eigenvalue weighted by molar-refractivity contribution is 6.10. The predicted octanol–water partition coefficient (Wildman–Crippen LogP) is 14.0. The van der Waals surface area contributed by atoms with Crippen molar-refractivity contribution in [3.8, 4) is 33.9 Å². The number of hydrogen-bond donors (Lipinski definition) is 0. The van der Waals surface area contributed by atoms with Crippen molar-refractivity contribution in [2.45, 2.75) is 66.2 Å². The molecule has 0 aliphatic carbocycles. The molecule has 4 heterocycles. The topological polar surface area (TPSA) is 38.9 Å². The van der Waals surface area contributed by atoms with Crippen LogP contribution in [0.4, 0.5) is 17.1 Å². The summed E-state index contributed by atoms with van der Waals surface area (Å²) < 4.78 is 4.48. The highest BCUT2D eigenvalue weighted by Gasteiger charge is 2.37. The molecule has 10 rings (SSSR count). The van der Waals surface area contributed by atoms with Gasteiger partial charge in [0.05, 0.1) is 40.0 Å². The molecule has 5 nitrogen and oxygen atoms in total. The zero-order valence-corrected chi connectivity index (χ0v) is 35.2. The molecule has 5 heteroatoms. The fraction of sp³-hybridized carbons (Fsp3) is 0.185. The second kappa shape index (κ2) is 13.4. The summed E-state index contributed by atoms with van der Waals surface area (Å²) in [6, 6.07) is 51.1. The molecule has 0 unspecified atom stereocenters. The monoisotopic (exact) mass is 767 g/mol. The van der Waals surface area contributed by atoms with Crippen molar-refractivity contribution in [3.63, 3.8) is 0 Å². The Labute approximate surface area is 347 Å². The fourth-order valence-electron chi connectivity index (χ4n) is 9.67. The first-order chi connectivity index (χ1) is 28.4. The van der Waals surface area contributed by atoms with E-state index < -0.39 is 0 Å². The van der Waals surface area contributed by atoms with Gasteiger partial charge in [0.25, 0.3) is 0 Å². The Morgan fingerprint density at radius 2 is 1.27 bits per heavy atom. The minimum atomic E-state index is -0.245. The van der Waals surface area contributed by atoms with Crippen LogP contribution < -0.4 is 4.90 Å². The maximum atomic E-state index is 5.19. The molecular formula is C54H49N5. The molecule has 59 heavy (non-hydrogen) atoms. The van der Waals surface area contributed by atoms with Gasteiger partial charge in [0, 0.05) is 39.2 Å². The third-order valence-electron chi connectivity index (χ3n) is 12.5. The summed E-state index contributed by atoms with van der Waals surface area (Å²) >= 11 is 0. The Balaban J connectivity index is 1.21. The minimum Gasteiger partial charge on any atom is -0.310 e. The maximum Gasteiger partial charge on any atom is 0.137 e. The molecular weight excluding hydrogens is 719 g/mol. The summed E-state index contributed by atoms with van der Waals surface area (Å²) in [5.74, 6) is 0.922. The van der Waals surface area contributed by atoms with Crippen molar-refractivity contribution < 1.29 is 0 Å². The number of hydrogen-bond acceptors (Lipinski definition) is 3. The Kier molecular flexibility index (Phi) is 8.33. The highest BCUT2D eigenvalue weighted by Crippen LogP contribution is 2.53. The SMILES string of the molecule is Cc1cc(C)c(-c2cnn(-c3ccc4c(c3)N(c3ccc5c6ccccc6n(-c6cc(C(C)(C)C)ccn6)c5c3)c3ccccc3C4(C)C)c2-c2ccccc2)c(C)c1. The van der Waals surface area contributed by atoms with Crippen LogP contribution in [0.15, 0.2) is 152 Å². The Morgan fingerprint density at radius 1 is 0.593 bits per heavy atom. The normalized spacial score (nSPS) is 13.5. The van der Waals surface area contributed by atoms with Gasteiger partial charge in [-0.15, -0.1) is 0 Å². The minimum absolute atomic E-state index is 0.0130. The van der Waals surface area contributed by atoms with E-state index in [1.807, 2.05) is 6.20 Å². The molecule has 3 aromatic heterocycles. The van der Waals surface area contributed by atoms with Gasteiger partial charge >= 0.3 is 0 Å². The van der Waals surface area contributed by atoms with Crippen molar-refractivity contribution in [1.82, 2.24) is 19.3 Å². The van der Waals surface area contributed by atoms with Gasteiger partial charge in [0.15, 0.2) is 0 Å². The molecule has 0 spiro atoms. The van der Waals surface area contributed by atoms with Crippen LogP contribution in [0.1, 0.15) is 68.0 Å². The van der Waals surface area contributed by atoms with E-state index >= 15 is 0 Å². The average Bonchev–Trinajstić information content (AvgIpc) is 3.80. The van der Waals surface area contributed by atoms with Crippen LogP contribution in [0.25, 0.3) is 55.7 Å². The largest absolute Gasteiger partial charge is 0.310 e. The molecule has 1 aliphatic heterocycles. The number of pyridine rings is 1. The predicted molar refractivity (Wildman–Crippen MR) is 246 cm³/mol. The molecule has 0 amide bonds. The molecule has 6 aromatic carbocycles. The zero-order valence-electron chi connectivity index (χ0n) is 35.2. The van der Waals surface area contributed by atoms with Crippen molar-refractivity contribution in [1.29, 1.82) is 0 Å². The summed E-state index contributed by atoms with van der Waals surface area (Å²) in [6.45, 7) is 18.1. The second-order valence-electron chi connectivity index (χ2n) is 17.8. The van der Waals surface area contributed by atoms with Gasteiger partial charge in [0.1, 0.15) is 5.82 Å². The van der Waals surface area contributed by atoms with Crippen molar-refractivity contribution >= 4 is 38.9 Å². The van der Waals surface area contributed by atoms with Gasteiger partial charge in [-0.25, -0.2) is 9.67 Å². The number of rotatable bonds is 5. The lowest BCUT2D eigenvalue weighted by Crippen LogP contribution is -2.30. The van der Waals surface area contributed by atoms with Crippen LogP contribution in [0.5, 0.6) is 0 Å². The van der Waals surface area contributed by atoms with E-state index in [-0.39, 0.29) is 10.8 Å². The van der Waals surface area contributed by atoms with Crippen LogP contribution in [-0.2, 0) is 10.8 Å². The molecule has 0 atom stereocenters. The van der Waals surface area contributed by atoms with Gasteiger partial charge in [-0.2, -0.15) is 5.10 Å². The number of fused-ring (bicyclic) bond motifs is 5. The van der Waals surface area contributed by atoms with Gasteiger partial charge in [0.2, 0.25) is 0 Å². The molecule has 290 valence electrons. The zero-order chi connectivity index (χ0) is 40.8. The average molecular weight is 768 g/mol. The van der Waals surface area contributed by atoms with Gasteiger partial charge < -0.3 is 4.90 Å². The molecule has 0 fully saturated rings. The van der Waals surface area contributed by atoms with Crippen molar-refractivity contribution in [2.24, 2.45) is 0 Å². The summed E-state index contributed by atoms with van der Waals surface area (Å²) in [5, 5.41) is 7.60. The molecule has 9 aromatic rings. The van der Waals surface area contributed by atoms with Crippen LogP contribution in [0.2, 0.25) is 0 Å². The maximum absolute atomic E-state index is 5.19. The summed E-state index contributed by atoms with van der Waals surface area (Å²) in [7, 11) is 0. The standard InChI is InChI=1S/C54H49N5/c1-34-28-35(2)51(36(3)29-34)43-33-56-59(52(43)37-16-10-9-11-17-37)40-23-25-45-49(32-40)57(47-21-15-13-19-44(47)54(45,7)8)39-22-24-42-41-18-12-14-20-46(41)58(48(42)31-39)50-30-38(26-27-55-50)53(4,5)6/h9-33H,1-8H3. The second-order valence-corrected chi connectivity index (χ2v) is 17.8. The first kappa shape index (κ1) is 36.6. The number of aromatic nitrogens is 4. The third-order valence-corrected chi connectivity index (χ3v) is 12.5. The quantitative estimate of drug-likeness (QED) is 0.175. The molecule has 0 bridgehead atoms. The lowest BCUT2D eigenvalue weighted by molar-refractivity contribution is 0.588. The van der Waals surface area contributed by atoms with Gasteiger partial charge in [-0.05, 0) is 108 Å². The van der Waals surface area contributed by atoms with Crippen molar-refractivity contribution in [3.05, 3.63) is 185 Å². The van der Waals surface area contributed by atoms with E-state index in [4.69, 9.17) is 10.1 Å². The number of benzene rings is 6. The van der Waals surface area contributed by atoms with Crippen LogP contribution >= 0.6 is 0 Å². The molecule has 1 aliphatic rings. The number of aryl methyl sites for hydroxylation is 3. The molecule has 0 saturated carbocycles. The van der Waals surface area contributed by atoms with E-state index in [0.717, 1.165) is 50.7 Å². The van der Waals surface area contributed by atoms with Crippen LogP contribution in [0.3, 0.4) is 0 Å². The third kappa shape index (κ3) is 5.82. The lowest BCUT2D eigenvalue weighted by atomic mass is 9.73. The number of anilines is 3. The summed E-state index contributed by atoms with van der Waals surface area (Å²) in [6.07, 6.45) is 4.01. The molecule has 0 saturated heterocycles. The van der Waals surface area contributed by atoms with Gasteiger partial charge in [-0.3, -0.25) is 4.57 Å². The first-order valence-corrected chi connectivity index (χ1v) is 20.7. The highest BCUT2D eigenvalue weighted by atomic mass is 15.3. The van der Waals surface area contributed by atoms with E-state index in [2.05, 4.69) is 215 Å². The van der Waals surface area contributed by atoms with E-state index in [1.54, 1.807) is 0 Å². The van der Waals surface area contributed by atoms with Crippen LogP contribution in [-0.4, -0.2) is 19.3 Å². The summed E-state index contributed by atoms with van der Waals surface area (Å²) in [4.78, 5) is 7.44. The van der Waals surface area contributed by atoms with Gasteiger partial charge in [-0.1, -0.05) is 131 Å². The lowest BCUT2D eigenvalue weighted by Gasteiger charge is -2.42. The number of para-hydroxylation sites is 2. The summed E-state index contributed by atoms with van der Waals surface area (Å²) in [5.41, 5.74) is 18.6. The van der Waals surface area contributed by atoms with Crippen molar-refractivity contribution in [2.75, 3.05) is 4.90 Å². The molecule has 0 radical (unpaired) electrons. The smallest absolute Gasteiger partial charge is 0.137 e. The Hall–Kier alpha value is -6.72. The Bertz CT molecular complexity index is 3080. The van der Waals surface area contributed by atoms with E-state index in [0.29, 0.717) is 0 Å². The van der Waals surface area contributed by atoms with E-state index in [1.165, 1.54) is 55.4 Å². The number of nitrogens with zero attached hydrogens (tertiary/aromatic N) is 5.